The van der Waals surface area contributed by atoms with Gasteiger partial charge in [0.1, 0.15) is 0 Å². The molecule has 1 aliphatic rings. The van der Waals surface area contributed by atoms with Crippen molar-refractivity contribution in [3.8, 4) is 0 Å². The van der Waals surface area contributed by atoms with Crippen LogP contribution >= 0.6 is 27.5 Å². The van der Waals surface area contributed by atoms with E-state index in [1.807, 2.05) is 24.3 Å². The van der Waals surface area contributed by atoms with Crippen LogP contribution in [-0.4, -0.2) is 5.91 Å². The summed E-state index contributed by atoms with van der Waals surface area (Å²) in [5.74, 6) is -0.149. The summed E-state index contributed by atoms with van der Waals surface area (Å²) in [5.41, 5.74) is 3.69. The first kappa shape index (κ1) is 13.6. The fourth-order valence-corrected chi connectivity index (χ4v) is 2.94. The lowest BCUT2D eigenvalue weighted by Gasteiger charge is -2.08. The third-order valence-corrected chi connectivity index (χ3v) is 4.08. The van der Waals surface area contributed by atoms with Crippen LogP contribution in [0, 0.1) is 0 Å². The molecule has 0 radical (unpaired) electrons. The molecule has 0 saturated heterocycles. The third-order valence-electron chi connectivity index (χ3n) is 3.28. The van der Waals surface area contributed by atoms with Gasteiger partial charge in [-0.05, 0) is 41.5 Å². The highest BCUT2D eigenvalue weighted by Crippen LogP contribution is 2.26. The maximum absolute atomic E-state index is 12.2. The van der Waals surface area contributed by atoms with Gasteiger partial charge in [-0.2, -0.15) is 0 Å². The van der Waals surface area contributed by atoms with Crippen LogP contribution in [0.4, 0.5) is 5.69 Å². The molecule has 2 N–H and O–H groups in total. The summed E-state index contributed by atoms with van der Waals surface area (Å²) in [5, 5.41) is 6.60. The maximum Gasteiger partial charge on any atom is 0.255 e. The summed E-state index contributed by atoms with van der Waals surface area (Å²) in [6.07, 6.45) is 0. The minimum absolute atomic E-state index is 0.149. The zero-order chi connectivity index (χ0) is 14.1. The van der Waals surface area contributed by atoms with E-state index < -0.39 is 0 Å². The molecule has 1 amide bonds. The van der Waals surface area contributed by atoms with E-state index in [9.17, 15) is 4.79 Å². The maximum atomic E-state index is 12.2. The molecular weight excluding hydrogens is 340 g/mol. The Kier molecular flexibility index (Phi) is 3.78. The summed E-state index contributed by atoms with van der Waals surface area (Å²) < 4.78 is 0.879. The molecule has 0 aliphatic carbocycles. The zero-order valence-electron chi connectivity index (χ0n) is 10.5. The minimum Gasteiger partial charge on any atom is -0.321 e. The Morgan fingerprint density at radius 2 is 1.95 bits per heavy atom. The Morgan fingerprint density at radius 1 is 1.15 bits per heavy atom. The van der Waals surface area contributed by atoms with Gasteiger partial charge in [-0.1, -0.05) is 33.6 Å². The highest BCUT2D eigenvalue weighted by Gasteiger charge is 2.14. The number of nitrogens with one attached hydrogen (secondary N) is 2. The number of hydrogen-bond acceptors (Lipinski definition) is 2. The Labute approximate surface area is 130 Å². The number of hydrogen-bond donors (Lipinski definition) is 2. The van der Waals surface area contributed by atoms with E-state index in [0.29, 0.717) is 16.3 Å². The molecule has 0 fully saturated rings. The predicted octanol–water partition coefficient (Wildman–Crippen LogP) is 3.96. The highest BCUT2D eigenvalue weighted by atomic mass is 79.9. The molecule has 5 heteroatoms. The van der Waals surface area contributed by atoms with Gasteiger partial charge in [0.2, 0.25) is 0 Å². The highest BCUT2D eigenvalue weighted by molar-refractivity contribution is 9.10. The summed E-state index contributed by atoms with van der Waals surface area (Å²) in [7, 11) is 0. The topological polar surface area (TPSA) is 41.1 Å². The van der Waals surface area contributed by atoms with Crippen molar-refractivity contribution in [3.63, 3.8) is 0 Å². The van der Waals surface area contributed by atoms with Crippen molar-refractivity contribution >= 4 is 39.1 Å². The van der Waals surface area contributed by atoms with Gasteiger partial charge in [0, 0.05) is 23.1 Å². The molecule has 3 rings (SSSR count). The summed E-state index contributed by atoms with van der Waals surface area (Å²) >= 11 is 9.44. The lowest BCUT2D eigenvalue weighted by atomic mass is 10.1. The van der Waals surface area contributed by atoms with Gasteiger partial charge >= 0.3 is 0 Å². The van der Waals surface area contributed by atoms with Gasteiger partial charge in [-0.25, -0.2) is 0 Å². The molecule has 2 aromatic rings. The smallest absolute Gasteiger partial charge is 0.255 e. The SMILES string of the molecule is O=C(Nc1ccc(Br)cc1Cl)c1ccc2c(c1)CNC2. The average Bonchev–Trinajstić information content (AvgIpc) is 2.89. The van der Waals surface area contributed by atoms with Crippen molar-refractivity contribution in [1.29, 1.82) is 0 Å². The number of anilines is 1. The van der Waals surface area contributed by atoms with Crippen LogP contribution < -0.4 is 10.6 Å². The monoisotopic (exact) mass is 350 g/mol. The van der Waals surface area contributed by atoms with E-state index in [2.05, 4.69) is 26.6 Å². The average molecular weight is 352 g/mol. The lowest BCUT2D eigenvalue weighted by Crippen LogP contribution is -2.12. The molecule has 20 heavy (non-hydrogen) atoms. The largest absolute Gasteiger partial charge is 0.321 e. The van der Waals surface area contributed by atoms with Crippen LogP contribution in [0.3, 0.4) is 0 Å². The molecule has 2 aromatic carbocycles. The van der Waals surface area contributed by atoms with Crippen molar-refractivity contribution in [1.82, 2.24) is 5.32 Å². The second kappa shape index (κ2) is 5.56. The van der Waals surface area contributed by atoms with E-state index in [-0.39, 0.29) is 5.91 Å². The minimum atomic E-state index is -0.149. The number of fused-ring (bicyclic) bond motifs is 1. The second-order valence-electron chi connectivity index (χ2n) is 4.67. The molecule has 1 heterocycles. The number of rotatable bonds is 2. The molecule has 3 nitrogen and oxygen atoms in total. The Morgan fingerprint density at radius 3 is 2.75 bits per heavy atom. The first-order chi connectivity index (χ1) is 9.63. The molecule has 0 unspecified atom stereocenters. The molecule has 102 valence electrons. The molecule has 0 saturated carbocycles. The van der Waals surface area contributed by atoms with E-state index in [1.54, 1.807) is 12.1 Å². The Balaban J connectivity index is 1.82. The molecule has 1 aliphatic heterocycles. The fourth-order valence-electron chi connectivity index (χ4n) is 2.22. The van der Waals surface area contributed by atoms with E-state index >= 15 is 0 Å². The van der Waals surface area contributed by atoms with Crippen LogP contribution in [0.1, 0.15) is 21.5 Å². The first-order valence-corrected chi connectivity index (χ1v) is 7.39. The molecule has 0 atom stereocenters. The quantitative estimate of drug-likeness (QED) is 0.860. The van der Waals surface area contributed by atoms with Gasteiger partial charge in [-0.15, -0.1) is 0 Å². The van der Waals surface area contributed by atoms with Gasteiger partial charge in [0.15, 0.2) is 0 Å². The standard InChI is InChI=1S/C15H12BrClN2O/c16-12-3-4-14(13(17)6-12)19-15(20)9-1-2-10-7-18-8-11(10)5-9/h1-6,18H,7-8H2,(H,19,20). The van der Waals surface area contributed by atoms with Crippen molar-refractivity contribution in [2.45, 2.75) is 13.1 Å². The lowest BCUT2D eigenvalue weighted by molar-refractivity contribution is 0.102. The van der Waals surface area contributed by atoms with Gasteiger partial charge in [-0.3, -0.25) is 4.79 Å². The second-order valence-corrected chi connectivity index (χ2v) is 5.99. The van der Waals surface area contributed by atoms with Crippen LogP contribution in [0.2, 0.25) is 5.02 Å². The van der Waals surface area contributed by atoms with E-state index in [4.69, 9.17) is 11.6 Å². The van der Waals surface area contributed by atoms with Crippen LogP contribution in [-0.2, 0) is 13.1 Å². The zero-order valence-corrected chi connectivity index (χ0v) is 12.9. The van der Waals surface area contributed by atoms with Gasteiger partial charge < -0.3 is 10.6 Å². The van der Waals surface area contributed by atoms with Crippen molar-refractivity contribution in [3.05, 3.63) is 62.6 Å². The Bertz CT molecular complexity index is 688. The number of benzene rings is 2. The van der Waals surface area contributed by atoms with Crippen molar-refractivity contribution < 1.29 is 4.79 Å². The third kappa shape index (κ3) is 2.73. The molecular formula is C15H12BrClN2O. The number of amides is 1. The number of carbonyl (C=O) groups is 1. The van der Waals surface area contributed by atoms with Crippen LogP contribution in [0.5, 0.6) is 0 Å². The van der Waals surface area contributed by atoms with Crippen molar-refractivity contribution in [2.24, 2.45) is 0 Å². The Hall–Kier alpha value is -1.36. The number of carbonyl (C=O) groups excluding carboxylic acids is 1. The molecule has 0 bridgehead atoms. The fraction of sp³-hybridized carbons (Fsp3) is 0.133. The summed E-state index contributed by atoms with van der Waals surface area (Å²) in [4.78, 5) is 12.2. The summed E-state index contributed by atoms with van der Waals surface area (Å²) in [6.45, 7) is 1.69. The molecule has 0 aromatic heterocycles. The molecule has 0 spiro atoms. The van der Waals surface area contributed by atoms with Crippen LogP contribution in [0.15, 0.2) is 40.9 Å². The number of halogens is 2. The normalized spacial score (nSPS) is 13.1. The predicted molar refractivity (Wildman–Crippen MR) is 84.1 cm³/mol. The van der Waals surface area contributed by atoms with E-state index in [0.717, 1.165) is 17.6 Å². The summed E-state index contributed by atoms with van der Waals surface area (Å²) in [6, 6.07) is 11.1. The van der Waals surface area contributed by atoms with E-state index in [1.165, 1.54) is 11.1 Å². The first-order valence-electron chi connectivity index (χ1n) is 6.22. The van der Waals surface area contributed by atoms with Gasteiger partial charge in [0.05, 0.1) is 10.7 Å². The van der Waals surface area contributed by atoms with Gasteiger partial charge in [0.25, 0.3) is 5.91 Å². The van der Waals surface area contributed by atoms with Crippen molar-refractivity contribution in [2.75, 3.05) is 5.32 Å². The van der Waals surface area contributed by atoms with Crippen LogP contribution in [0.25, 0.3) is 0 Å².